The first-order valence-electron chi connectivity index (χ1n) is 9.10. The van der Waals surface area contributed by atoms with Gasteiger partial charge in [-0.15, -0.1) is 0 Å². The van der Waals surface area contributed by atoms with Gasteiger partial charge in [-0.1, -0.05) is 74.4 Å². The highest BCUT2D eigenvalue weighted by Gasteiger charge is 2.29. The highest BCUT2D eigenvalue weighted by atomic mass is 127. The molecule has 0 aliphatic rings. The fraction of sp³-hybridized carbons (Fsp3) is 0.636. The van der Waals surface area contributed by atoms with Crippen molar-refractivity contribution >= 4 is 36.7 Å². The molecule has 1 rings (SSSR count). The zero-order valence-corrected chi connectivity index (χ0v) is 21.4. The van der Waals surface area contributed by atoms with Gasteiger partial charge in [0.15, 0.2) is 3.77 Å². The summed E-state index contributed by atoms with van der Waals surface area (Å²) in [7, 11) is 2.65. The number of allylic oxidation sites excluding steroid dienone is 1. The van der Waals surface area contributed by atoms with Gasteiger partial charge in [-0.05, 0) is 62.4 Å². The summed E-state index contributed by atoms with van der Waals surface area (Å²) in [6.45, 7) is 22.6. The Balaban J connectivity index is 3.83. The second-order valence-electron chi connectivity index (χ2n) is 9.93. The quantitative estimate of drug-likeness (QED) is 0.238. The van der Waals surface area contributed by atoms with Gasteiger partial charge in [-0.2, -0.15) is 0 Å². The summed E-state index contributed by atoms with van der Waals surface area (Å²) in [6, 6.07) is 4.73. The normalized spacial score (nSPS) is 14.6. The molecule has 1 aromatic rings. The minimum absolute atomic E-state index is 0.0294. The lowest BCUT2D eigenvalue weighted by molar-refractivity contribution is 0.330. The zero-order chi connectivity index (χ0) is 20.5. The summed E-state index contributed by atoms with van der Waals surface area (Å²) in [5, 5.41) is 1.13. The molecule has 2 nitrogen and oxygen atoms in total. The van der Waals surface area contributed by atoms with Crippen LogP contribution in [0.4, 0.5) is 5.69 Å². The van der Waals surface area contributed by atoms with Crippen molar-refractivity contribution in [2.45, 2.75) is 85.5 Å². The van der Waals surface area contributed by atoms with Crippen LogP contribution in [0.3, 0.4) is 0 Å². The summed E-state index contributed by atoms with van der Waals surface area (Å²) in [6.07, 6.45) is 0. The SMILES string of the molecule is CO/C(I)=C(/C)P=Nc1c(C(C)(C)C)cc(C(C)(C)C)cc1C(C)(C)C. The Morgan fingerprint density at radius 1 is 0.885 bits per heavy atom. The van der Waals surface area contributed by atoms with E-state index in [1.54, 1.807) is 7.11 Å². The van der Waals surface area contributed by atoms with Gasteiger partial charge in [0.25, 0.3) is 0 Å². The number of hydrogen-bond donors (Lipinski definition) is 0. The smallest absolute Gasteiger partial charge is 0.165 e. The molecule has 0 radical (unpaired) electrons. The van der Waals surface area contributed by atoms with Crippen molar-refractivity contribution in [3.8, 4) is 0 Å². The van der Waals surface area contributed by atoms with Gasteiger partial charge in [0.2, 0.25) is 0 Å². The van der Waals surface area contributed by atoms with Crippen LogP contribution in [0.15, 0.2) is 26.0 Å². The van der Waals surface area contributed by atoms with E-state index in [9.17, 15) is 0 Å². The van der Waals surface area contributed by atoms with Gasteiger partial charge < -0.3 is 4.74 Å². The van der Waals surface area contributed by atoms with Crippen molar-refractivity contribution in [3.63, 3.8) is 0 Å². The number of rotatable bonds is 3. The van der Waals surface area contributed by atoms with E-state index in [0.717, 1.165) is 23.1 Å². The van der Waals surface area contributed by atoms with Gasteiger partial charge in [-0.25, -0.2) is 4.74 Å². The van der Waals surface area contributed by atoms with Crippen molar-refractivity contribution in [1.82, 2.24) is 0 Å². The van der Waals surface area contributed by atoms with Crippen molar-refractivity contribution in [2.75, 3.05) is 7.11 Å². The van der Waals surface area contributed by atoms with Crippen LogP contribution in [0.25, 0.3) is 0 Å². The predicted molar refractivity (Wildman–Crippen MR) is 125 cm³/mol. The number of methoxy groups -OCH3 is 1. The van der Waals surface area contributed by atoms with Gasteiger partial charge in [0, 0.05) is 13.7 Å². The van der Waals surface area contributed by atoms with Crippen molar-refractivity contribution in [2.24, 2.45) is 4.74 Å². The molecule has 0 bridgehead atoms. The number of hydrogen-bond acceptors (Lipinski definition) is 2. The first-order valence-corrected chi connectivity index (χ1v) is 11.0. The third kappa shape index (κ3) is 6.05. The molecule has 0 atom stereocenters. The summed E-state index contributed by atoms with van der Waals surface area (Å²) < 4.78 is 11.3. The average Bonchev–Trinajstić information content (AvgIpc) is 2.48. The maximum Gasteiger partial charge on any atom is 0.165 e. The van der Waals surface area contributed by atoms with E-state index in [0.29, 0.717) is 0 Å². The third-order valence-corrected chi connectivity index (χ3v) is 6.83. The van der Waals surface area contributed by atoms with Crippen LogP contribution in [-0.4, -0.2) is 7.11 Å². The molecule has 0 aliphatic heterocycles. The molecule has 0 spiro atoms. The van der Waals surface area contributed by atoms with Gasteiger partial charge in [-0.3, -0.25) is 0 Å². The molecular formula is C22H35INOP. The summed E-state index contributed by atoms with van der Waals surface area (Å²) in [5.74, 6) is 0. The van der Waals surface area contributed by atoms with Gasteiger partial charge in [0.1, 0.15) is 0 Å². The van der Waals surface area contributed by atoms with Crippen LogP contribution in [0.2, 0.25) is 0 Å². The molecule has 0 saturated heterocycles. The first-order chi connectivity index (χ1) is 11.6. The molecule has 0 unspecified atom stereocenters. The van der Waals surface area contributed by atoms with E-state index in [-0.39, 0.29) is 16.2 Å². The topological polar surface area (TPSA) is 21.6 Å². The molecule has 0 aromatic heterocycles. The van der Waals surface area contributed by atoms with E-state index < -0.39 is 0 Å². The monoisotopic (exact) mass is 487 g/mol. The van der Waals surface area contributed by atoms with E-state index in [4.69, 9.17) is 9.48 Å². The van der Waals surface area contributed by atoms with E-state index in [2.05, 4.69) is 104 Å². The Labute approximate surface area is 176 Å². The van der Waals surface area contributed by atoms with Crippen LogP contribution in [-0.2, 0) is 21.0 Å². The number of benzene rings is 1. The standard InChI is InChI=1S/C22H35INOP/c1-14(19(23)25-11)26-24-18-16(21(5,6)7)12-15(20(2,3)4)13-17(18)22(8,9)10/h12-13H,1-11H3/b19-14-. The molecule has 0 amide bonds. The van der Waals surface area contributed by atoms with Crippen LogP contribution in [0.1, 0.15) is 85.9 Å². The van der Waals surface area contributed by atoms with Gasteiger partial charge in [0.05, 0.1) is 12.8 Å². The van der Waals surface area contributed by atoms with E-state index in [1.807, 2.05) is 0 Å². The van der Waals surface area contributed by atoms with Crippen molar-refractivity contribution in [3.05, 3.63) is 37.9 Å². The van der Waals surface area contributed by atoms with Crippen LogP contribution in [0, 0.1) is 0 Å². The maximum absolute atomic E-state index is 5.36. The molecule has 0 saturated carbocycles. The highest BCUT2D eigenvalue weighted by molar-refractivity contribution is 14.1. The molecule has 0 heterocycles. The molecule has 26 heavy (non-hydrogen) atoms. The predicted octanol–water partition coefficient (Wildman–Crippen LogP) is 8.61. The lowest BCUT2D eigenvalue weighted by Crippen LogP contribution is -2.21. The Kier molecular flexibility index (Phi) is 7.55. The van der Waals surface area contributed by atoms with Crippen molar-refractivity contribution in [1.29, 1.82) is 0 Å². The maximum atomic E-state index is 5.36. The highest BCUT2D eigenvalue weighted by Crippen LogP contribution is 2.44. The summed E-state index contributed by atoms with van der Waals surface area (Å²) in [4.78, 5) is 0. The Hall–Kier alpha value is -0.410. The van der Waals surface area contributed by atoms with E-state index in [1.165, 1.54) is 16.7 Å². The second-order valence-corrected chi connectivity index (χ2v) is 12.0. The second kappa shape index (κ2) is 8.31. The number of nitrogens with zero attached hydrogens (tertiary/aromatic N) is 1. The molecular weight excluding hydrogens is 452 g/mol. The first kappa shape index (κ1) is 23.6. The lowest BCUT2D eigenvalue weighted by atomic mass is 9.74. The fourth-order valence-electron chi connectivity index (χ4n) is 2.63. The molecule has 0 aliphatic carbocycles. The molecule has 0 N–H and O–H groups in total. The molecule has 4 heteroatoms. The minimum Gasteiger partial charge on any atom is -0.490 e. The van der Waals surface area contributed by atoms with E-state index >= 15 is 0 Å². The number of halogens is 1. The summed E-state index contributed by atoms with van der Waals surface area (Å²) >= 11 is 2.23. The Morgan fingerprint density at radius 3 is 1.62 bits per heavy atom. The average molecular weight is 487 g/mol. The zero-order valence-electron chi connectivity index (χ0n) is 18.3. The van der Waals surface area contributed by atoms with Gasteiger partial charge >= 0.3 is 0 Å². The van der Waals surface area contributed by atoms with Crippen LogP contribution < -0.4 is 0 Å². The van der Waals surface area contributed by atoms with Crippen LogP contribution >= 0.6 is 31.0 Å². The van der Waals surface area contributed by atoms with Crippen LogP contribution in [0.5, 0.6) is 0 Å². The number of ether oxygens (including phenoxy) is 1. The largest absolute Gasteiger partial charge is 0.490 e. The molecule has 0 fully saturated rings. The Bertz CT molecular complexity index is 678. The molecule has 1 aromatic carbocycles. The van der Waals surface area contributed by atoms with Crippen molar-refractivity contribution < 1.29 is 4.74 Å². The fourth-order valence-corrected chi connectivity index (χ4v) is 3.59. The summed E-state index contributed by atoms with van der Waals surface area (Å²) in [5.41, 5.74) is 5.33. The third-order valence-electron chi connectivity index (χ3n) is 4.36. The minimum atomic E-state index is 0.0294. The molecule has 146 valence electrons. The lowest BCUT2D eigenvalue weighted by Gasteiger charge is -2.32. The Morgan fingerprint density at radius 2 is 1.31 bits per heavy atom.